The number of hydrogen-bond acceptors (Lipinski definition) is 6. The highest BCUT2D eigenvalue weighted by molar-refractivity contribution is 7.18. The van der Waals surface area contributed by atoms with Crippen LogP contribution in [0.25, 0.3) is 0 Å². The Bertz CT molecular complexity index is 928. The topological polar surface area (TPSA) is 77.2 Å². The Balaban J connectivity index is 1.89. The van der Waals surface area contributed by atoms with Crippen LogP contribution >= 0.6 is 22.9 Å². The van der Waals surface area contributed by atoms with Crippen LogP contribution in [0.1, 0.15) is 15.2 Å². The van der Waals surface area contributed by atoms with Crippen LogP contribution in [0, 0.1) is 5.82 Å². The molecule has 0 unspecified atom stereocenters. The van der Waals surface area contributed by atoms with Gasteiger partial charge >= 0.3 is 0 Å². The van der Waals surface area contributed by atoms with E-state index < -0.39 is 5.82 Å². The highest BCUT2D eigenvalue weighted by Crippen LogP contribution is 2.34. The van der Waals surface area contributed by atoms with Gasteiger partial charge in [0.2, 0.25) is 5.78 Å². The molecule has 2 aromatic carbocycles. The van der Waals surface area contributed by atoms with Gasteiger partial charge in [0.1, 0.15) is 22.3 Å². The van der Waals surface area contributed by atoms with E-state index in [0.717, 1.165) is 11.3 Å². The Labute approximate surface area is 152 Å². The quantitative estimate of drug-likeness (QED) is 0.640. The van der Waals surface area contributed by atoms with Gasteiger partial charge in [0.15, 0.2) is 5.13 Å². The molecule has 3 rings (SSSR count). The van der Waals surface area contributed by atoms with E-state index in [1.54, 1.807) is 18.2 Å². The summed E-state index contributed by atoms with van der Waals surface area (Å²) in [6.45, 7) is 0. The number of carbonyl (C=O) groups is 1. The maximum absolute atomic E-state index is 13.0. The van der Waals surface area contributed by atoms with Crippen molar-refractivity contribution in [1.82, 2.24) is 4.98 Å². The van der Waals surface area contributed by atoms with Gasteiger partial charge in [0.05, 0.1) is 12.8 Å². The zero-order valence-corrected chi connectivity index (χ0v) is 14.6. The van der Waals surface area contributed by atoms with Crippen molar-refractivity contribution in [3.8, 4) is 5.75 Å². The minimum atomic E-state index is -0.413. The Morgan fingerprint density at radius 3 is 2.68 bits per heavy atom. The third-order valence-electron chi connectivity index (χ3n) is 3.37. The fraction of sp³-hybridized carbons (Fsp3) is 0.0588. The Kier molecular flexibility index (Phi) is 4.87. The van der Waals surface area contributed by atoms with Gasteiger partial charge < -0.3 is 15.8 Å². The molecular weight excluding hydrogens is 365 g/mol. The number of anilines is 3. The summed E-state index contributed by atoms with van der Waals surface area (Å²) in [6.07, 6.45) is 0. The molecule has 8 heteroatoms. The van der Waals surface area contributed by atoms with Crippen LogP contribution in [0.4, 0.5) is 21.0 Å². The molecule has 0 saturated heterocycles. The Hall–Kier alpha value is -2.64. The predicted molar refractivity (Wildman–Crippen MR) is 97.6 cm³/mol. The molecule has 1 aromatic heterocycles. The van der Waals surface area contributed by atoms with Gasteiger partial charge in [-0.05, 0) is 42.5 Å². The molecular formula is C17H13ClFN3O2S. The summed E-state index contributed by atoms with van der Waals surface area (Å²) < 4.78 is 18.3. The van der Waals surface area contributed by atoms with E-state index in [0.29, 0.717) is 27.2 Å². The van der Waals surface area contributed by atoms with Crippen molar-refractivity contribution in [2.45, 2.75) is 0 Å². The van der Waals surface area contributed by atoms with E-state index in [1.165, 1.54) is 31.4 Å². The molecule has 0 aliphatic rings. The van der Waals surface area contributed by atoms with E-state index in [2.05, 4.69) is 10.3 Å². The summed E-state index contributed by atoms with van der Waals surface area (Å²) >= 11 is 7.10. The summed E-state index contributed by atoms with van der Waals surface area (Å²) in [6, 6.07) is 10.4. The molecule has 0 aliphatic carbocycles. The molecule has 0 saturated carbocycles. The Morgan fingerprint density at radius 2 is 2.00 bits per heavy atom. The van der Waals surface area contributed by atoms with Crippen LogP contribution in [-0.2, 0) is 0 Å². The average molecular weight is 378 g/mol. The molecule has 25 heavy (non-hydrogen) atoms. The molecule has 0 amide bonds. The largest absolute Gasteiger partial charge is 0.495 e. The fourth-order valence-electron chi connectivity index (χ4n) is 2.17. The number of halogens is 2. The number of rotatable bonds is 5. The molecule has 3 N–H and O–H groups in total. The van der Waals surface area contributed by atoms with Gasteiger partial charge in [-0.1, -0.05) is 22.9 Å². The zero-order valence-electron chi connectivity index (χ0n) is 13.0. The van der Waals surface area contributed by atoms with Crippen LogP contribution in [0.15, 0.2) is 42.5 Å². The second-order valence-corrected chi connectivity index (χ2v) is 6.47. The molecule has 0 bridgehead atoms. The summed E-state index contributed by atoms with van der Waals surface area (Å²) in [5.41, 5.74) is 6.81. The lowest BCUT2D eigenvalue weighted by Gasteiger charge is -2.09. The van der Waals surface area contributed by atoms with Gasteiger partial charge in [0.25, 0.3) is 0 Å². The number of carbonyl (C=O) groups excluding carboxylic acids is 1. The molecule has 0 atom stereocenters. The number of nitrogens with two attached hydrogens (primary N) is 1. The van der Waals surface area contributed by atoms with Crippen LogP contribution in [0.2, 0.25) is 5.02 Å². The van der Waals surface area contributed by atoms with Gasteiger partial charge in [-0.15, -0.1) is 0 Å². The number of nitrogen functional groups attached to an aromatic ring is 1. The van der Waals surface area contributed by atoms with Gasteiger partial charge in [0, 0.05) is 10.6 Å². The number of aromatic nitrogens is 1. The lowest BCUT2D eigenvalue weighted by Crippen LogP contribution is -2.02. The second kappa shape index (κ2) is 7.08. The van der Waals surface area contributed by atoms with Gasteiger partial charge in [-0.2, -0.15) is 0 Å². The van der Waals surface area contributed by atoms with Crippen molar-refractivity contribution in [3.05, 3.63) is 63.7 Å². The number of nitrogens with zero attached hydrogens (tertiary/aromatic N) is 1. The standard InChI is InChI=1S/C17H13ClFN3O2S/c1-24-13-7-4-10(18)8-12(13)21-17-22-16(20)15(25-17)14(23)9-2-5-11(19)6-3-9/h2-8H,20H2,1H3,(H,21,22). The monoisotopic (exact) mass is 377 g/mol. The van der Waals surface area contributed by atoms with Crippen molar-refractivity contribution in [2.75, 3.05) is 18.2 Å². The molecule has 0 fully saturated rings. The zero-order chi connectivity index (χ0) is 18.0. The minimum Gasteiger partial charge on any atom is -0.495 e. The molecule has 1 heterocycles. The first-order chi connectivity index (χ1) is 12.0. The number of nitrogens with one attached hydrogen (secondary N) is 1. The van der Waals surface area contributed by atoms with E-state index in [9.17, 15) is 9.18 Å². The number of methoxy groups -OCH3 is 1. The first-order valence-corrected chi connectivity index (χ1v) is 8.34. The number of thiazole rings is 1. The van der Waals surface area contributed by atoms with Crippen molar-refractivity contribution in [1.29, 1.82) is 0 Å². The maximum atomic E-state index is 13.0. The van der Waals surface area contributed by atoms with E-state index in [1.807, 2.05) is 0 Å². The summed E-state index contributed by atoms with van der Waals surface area (Å²) in [5.74, 6) is -0.0576. The average Bonchev–Trinajstić information content (AvgIpc) is 2.95. The van der Waals surface area contributed by atoms with Crippen molar-refractivity contribution in [2.24, 2.45) is 0 Å². The van der Waals surface area contributed by atoms with Gasteiger partial charge in [-0.25, -0.2) is 9.37 Å². The first kappa shape index (κ1) is 17.2. The fourth-order valence-corrected chi connectivity index (χ4v) is 3.20. The maximum Gasteiger partial charge on any atom is 0.206 e. The van der Waals surface area contributed by atoms with Gasteiger partial charge in [-0.3, -0.25) is 4.79 Å². The predicted octanol–water partition coefficient (Wildman–Crippen LogP) is 4.50. The van der Waals surface area contributed by atoms with Crippen molar-refractivity contribution < 1.29 is 13.9 Å². The molecule has 128 valence electrons. The first-order valence-electron chi connectivity index (χ1n) is 7.15. The number of hydrogen-bond donors (Lipinski definition) is 2. The normalized spacial score (nSPS) is 10.5. The third kappa shape index (κ3) is 3.72. The smallest absolute Gasteiger partial charge is 0.206 e. The van der Waals surface area contributed by atoms with Crippen molar-refractivity contribution in [3.63, 3.8) is 0 Å². The minimum absolute atomic E-state index is 0.0998. The van der Waals surface area contributed by atoms with Crippen LogP contribution < -0.4 is 15.8 Å². The SMILES string of the molecule is COc1ccc(Cl)cc1Nc1nc(N)c(C(=O)c2ccc(F)cc2)s1. The molecule has 3 aromatic rings. The molecule has 0 spiro atoms. The second-order valence-electron chi connectivity index (χ2n) is 5.04. The van der Waals surface area contributed by atoms with E-state index >= 15 is 0 Å². The number of ether oxygens (including phenoxy) is 1. The lowest BCUT2D eigenvalue weighted by molar-refractivity contribution is 0.104. The molecule has 5 nitrogen and oxygen atoms in total. The number of benzene rings is 2. The van der Waals surface area contributed by atoms with Crippen molar-refractivity contribution >= 4 is 45.4 Å². The summed E-state index contributed by atoms with van der Waals surface area (Å²) in [7, 11) is 1.54. The van der Waals surface area contributed by atoms with Crippen LogP contribution in [0.5, 0.6) is 5.75 Å². The highest BCUT2D eigenvalue weighted by atomic mass is 35.5. The Morgan fingerprint density at radius 1 is 1.28 bits per heavy atom. The highest BCUT2D eigenvalue weighted by Gasteiger charge is 2.19. The third-order valence-corrected chi connectivity index (χ3v) is 4.59. The summed E-state index contributed by atoms with van der Waals surface area (Å²) in [5, 5.41) is 3.99. The van der Waals surface area contributed by atoms with Crippen LogP contribution in [0.3, 0.4) is 0 Å². The molecule has 0 radical (unpaired) electrons. The van der Waals surface area contributed by atoms with E-state index in [-0.39, 0.29) is 16.5 Å². The summed E-state index contributed by atoms with van der Waals surface area (Å²) in [4.78, 5) is 17.0. The lowest BCUT2D eigenvalue weighted by atomic mass is 10.1. The van der Waals surface area contributed by atoms with E-state index in [4.69, 9.17) is 22.1 Å². The number of ketones is 1. The van der Waals surface area contributed by atoms with Crippen LogP contribution in [-0.4, -0.2) is 17.9 Å². The molecule has 0 aliphatic heterocycles.